The summed E-state index contributed by atoms with van der Waals surface area (Å²) in [4.78, 5) is 10.8. The van der Waals surface area contributed by atoms with Crippen molar-refractivity contribution in [2.45, 2.75) is 45.2 Å². The van der Waals surface area contributed by atoms with E-state index in [1.165, 1.54) is 0 Å². The lowest BCUT2D eigenvalue weighted by Crippen LogP contribution is -2.41. The third-order valence-corrected chi connectivity index (χ3v) is 4.83. The van der Waals surface area contributed by atoms with Gasteiger partial charge in [-0.05, 0) is 38.8 Å². The highest BCUT2D eigenvalue weighted by Gasteiger charge is 2.49. The fourth-order valence-electron chi connectivity index (χ4n) is 2.68. The van der Waals surface area contributed by atoms with Crippen molar-refractivity contribution in [3.05, 3.63) is 59.7 Å². The Labute approximate surface area is 137 Å². The van der Waals surface area contributed by atoms with Gasteiger partial charge in [-0.3, -0.25) is 4.79 Å². The summed E-state index contributed by atoms with van der Waals surface area (Å²) in [6, 6.07) is 15.6. The number of rotatable bonds is 3. The highest BCUT2D eigenvalue weighted by Crippen LogP contribution is 2.46. The minimum absolute atomic E-state index is 0.369. The van der Waals surface area contributed by atoms with Gasteiger partial charge in [0.05, 0.1) is 11.2 Å². The number of benzene rings is 2. The summed E-state index contributed by atoms with van der Waals surface area (Å²) in [7, 11) is 0. The van der Waals surface area contributed by atoms with Crippen LogP contribution < -0.4 is 0 Å². The maximum absolute atomic E-state index is 10.8. The van der Waals surface area contributed by atoms with E-state index in [0.717, 1.165) is 23.0 Å². The molecule has 120 valence electrons. The summed E-state index contributed by atoms with van der Waals surface area (Å²) in [5, 5.41) is 0. The Morgan fingerprint density at radius 2 is 1.43 bits per heavy atom. The largest absolute Gasteiger partial charge is 0.339 e. The van der Waals surface area contributed by atoms with E-state index in [9.17, 15) is 4.79 Å². The van der Waals surface area contributed by atoms with Crippen LogP contribution in [0.3, 0.4) is 0 Å². The molecule has 0 aliphatic carbocycles. The predicted molar refractivity (Wildman–Crippen MR) is 90.3 cm³/mol. The molecule has 3 rings (SSSR count). The summed E-state index contributed by atoms with van der Waals surface area (Å²) in [5.41, 5.74) is 3.04. The molecule has 2 aromatic carbocycles. The van der Waals surface area contributed by atoms with Crippen LogP contribution in [-0.4, -0.2) is 17.5 Å². The number of ether oxygens (including phenoxy) is 2. The molecule has 1 heterocycles. The molecule has 0 unspecified atom stereocenters. The second-order valence-electron chi connectivity index (χ2n) is 6.92. The number of aldehydes is 1. The Morgan fingerprint density at radius 1 is 0.870 bits per heavy atom. The van der Waals surface area contributed by atoms with Gasteiger partial charge in [0.1, 0.15) is 6.29 Å². The van der Waals surface area contributed by atoms with Gasteiger partial charge in [-0.1, -0.05) is 48.5 Å². The molecule has 0 amide bonds. The van der Waals surface area contributed by atoms with Crippen molar-refractivity contribution in [1.82, 2.24) is 0 Å². The predicted octanol–water partition coefficient (Wildman–Crippen LogP) is 4.77. The van der Waals surface area contributed by atoms with Crippen LogP contribution in [0.25, 0.3) is 11.1 Å². The molecule has 1 fully saturated rings. The van der Waals surface area contributed by atoms with E-state index in [2.05, 4.69) is 33.8 Å². The molecule has 0 atom stereocenters. The Bertz CT molecular complexity index is 698. The smallest absolute Gasteiger partial charge is 0.185 e. The van der Waals surface area contributed by atoms with Crippen LogP contribution in [0.1, 0.15) is 49.9 Å². The lowest BCUT2D eigenvalue weighted by Gasteiger charge is -2.30. The van der Waals surface area contributed by atoms with Crippen LogP contribution in [0.15, 0.2) is 48.5 Å². The van der Waals surface area contributed by atoms with E-state index in [1.54, 1.807) is 0 Å². The molecule has 1 saturated heterocycles. The Balaban J connectivity index is 2.00. The van der Waals surface area contributed by atoms with E-state index in [1.807, 2.05) is 42.5 Å². The maximum atomic E-state index is 10.8. The van der Waals surface area contributed by atoms with E-state index in [4.69, 9.17) is 9.47 Å². The average molecular weight is 310 g/mol. The molecule has 0 aromatic heterocycles. The summed E-state index contributed by atoms with van der Waals surface area (Å²) in [5.74, 6) is 0. The van der Waals surface area contributed by atoms with E-state index in [-0.39, 0.29) is 11.2 Å². The van der Waals surface area contributed by atoms with Crippen molar-refractivity contribution in [3.8, 4) is 11.1 Å². The lowest BCUT2D eigenvalue weighted by atomic mass is 9.90. The van der Waals surface area contributed by atoms with Gasteiger partial charge in [-0.15, -0.1) is 0 Å². The standard InChI is InChI=1S/C20H22O3/c1-19(2)20(3,4)23-18(22-19)17-8-6-5-7-16(17)15-11-9-14(13-21)10-12-15/h5-13,18H,1-4H3. The van der Waals surface area contributed by atoms with Crippen LogP contribution in [0.2, 0.25) is 0 Å². The van der Waals surface area contributed by atoms with Gasteiger partial charge in [0.2, 0.25) is 0 Å². The van der Waals surface area contributed by atoms with E-state index in [0.29, 0.717) is 5.56 Å². The number of hydrogen-bond donors (Lipinski definition) is 0. The van der Waals surface area contributed by atoms with Gasteiger partial charge in [0.15, 0.2) is 6.29 Å². The first kappa shape index (κ1) is 15.9. The Morgan fingerprint density at radius 3 is 2.00 bits per heavy atom. The maximum Gasteiger partial charge on any atom is 0.185 e. The van der Waals surface area contributed by atoms with Gasteiger partial charge < -0.3 is 9.47 Å². The van der Waals surface area contributed by atoms with Gasteiger partial charge in [0, 0.05) is 11.1 Å². The minimum atomic E-state index is -0.401. The summed E-state index contributed by atoms with van der Waals surface area (Å²) >= 11 is 0. The summed E-state index contributed by atoms with van der Waals surface area (Å²) < 4.78 is 12.4. The average Bonchev–Trinajstić information content (AvgIpc) is 2.75. The summed E-state index contributed by atoms with van der Waals surface area (Å²) in [6.45, 7) is 8.20. The zero-order chi connectivity index (χ0) is 16.7. The number of hydrogen-bond acceptors (Lipinski definition) is 3. The molecule has 2 aromatic rings. The summed E-state index contributed by atoms with van der Waals surface area (Å²) in [6.07, 6.45) is 0.450. The second-order valence-corrected chi connectivity index (χ2v) is 6.92. The van der Waals surface area contributed by atoms with Crippen molar-refractivity contribution in [2.24, 2.45) is 0 Å². The Hall–Kier alpha value is -1.97. The molecule has 1 aliphatic rings. The normalized spacial score (nSPS) is 19.7. The molecule has 0 N–H and O–H groups in total. The van der Waals surface area contributed by atoms with Gasteiger partial charge in [0.25, 0.3) is 0 Å². The van der Waals surface area contributed by atoms with Crippen LogP contribution in [0, 0.1) is 0 Å². The van der Waals surface area contributed by atoms with Crippen LogP contribution in [0.4, 0.5) is 0 Å². The van der Waals surface area contributed by atoms with E-state index < -0.39 is 6.29 Å². The first-order chi connectivity index (χ1) is 10.8. The SMILES string of the molecule is CC1(C)OC(c2ccccc2-c2ccc(C=O)cc2)OC1(C)C. The van der Waals surface area contributed by atoms with Crippen LogP contribution in [0.5, 0.6) is 0 Å². The van der Waals surface area contributed by atoms with Crippen LogP contribution >= 0.6 is 0 Å². The monoisotopic (exact) mass is 310 g/mol. The van der Waals surface area contributed by atoms with Crippen molar-refractivity contribution in [1.29, 1.82) is 0 Å². The zero-order valence-corrected chi connectivity index (χ0v) is 14.0. The van der Waals surface area contributed by atoms with Crippen molar-refractivity contribution in [3.63, 3.8) is 0 Å². The molecule has 0 saturated carbocycles. The minimum Gasteiger partial charge on any atom is -0.339 e. The number of carbonyl (C=O) groups excluding carboxylic acids is 1. The number of carbonyl (C=O) groups is 1. The van der Waals surface area contributed by atoms with Gasteiger partial charge in [-0.2, -0.15) is 0 Å². The highest BCUT2D eigenvalue weighted by atomic mass is 16.7. The van der Waals surface area contributed by atoms with Crippen molar-refractivity contribution < 1.29 is 14.3 Å². The highest BCUT2D eigenvalue weighted by molar-refractivity contribution is 5.77. The quantitative estimate of drug-likeness (QED) is 0.766. The molecule has 3 heteroatoms. The fraction of sp³-hybridized carbons (Fsp3) is 0.350. The Kier molecular flexibility index (Phi) is 3.86. The topological polar surface area (TPSA) is 35.5 Å². The van der Waals surface area contributed by atoms with Gasteiger partial charge >= 0.3 is 0 Å². The molecule has 0 bridgehead atoms. The molecule has 0 radical (unpaired) electrons. The molecule has 3 nitrogen and oxygen atoms in total. The first-order valence-corrected chi connectivity index (χ1v) is 7.84. The fourth-order valence-corrected chi connectivity index (χ4v) is 2.68. The third-order valence-electron chi connectivity index (χ3n) is 4.83. The lowest BCUT2D eigenvalue weighted by molar-refractivity contribution is -0.0891. The third kappa shape index (κ3) is 2.82. The van der Waals surface area contributed by atoms with Crippen LogP contribution in [-0.2, 0) is 9.47 Å². The first-order valence-electron chi connectivity index (χ1n) is 7.84. The molecule has 23 heavy (non-hydrogen) atoms. The van der Waals surface area contributed by atoms with Crippen molar-refractivity contribution in [2.75, 3.05) is 0 Å². The molecular weight excluding hydrogens is 288 g/mol. The molecule has 1 aliphatic heterocycles. The van der Waals surface area contributed by atoms with E-state index >= 15 is 0 Å². The van der Waals surface area contributed by atoms with Crippen molar-refractivity contribution >= 4 is 6.29 Å². The van der Waals surface area contributed by atoms with Gasteiger partial charge in [-0.25, -0.2) is 0 Å². The molecular formula is C20H22O3. The molecule has 0 spiro atoms. The second kappa shape index (κ2) is 5.59. The zero-order valence-electron chi connectivity index (χ0n) is 14.0.